The minimum absolute atomic E-state index is 0.411. The highest BCUT2D eigenvalue weighted by atomic mass is 15.1. The van der Waals surface area contributed by atoms with Gasteiger partial charge in [-0.05, 0) is 36.4 Å². The third kappa shape index (κ3) is 3.33. The Hall–Kier alpha value is -0.860. The molecule has 0 spiro atoms. The number of piperidine rings is 1. The molecule has 1 aromatic rings. The van der Waals surface area contributed by atoms with Crippen molar-refractivity contribution in [2.75, 3.05) is 13.1 Å². The summed E-state index contributed by atoms with van der Waals surface area (Å²) in [4.78, 5) is 2.55. The molecule has 1 aliphatic rings. The van der Waals surface area contributed by atoms with Crippen molar-refractivity contribution in [3.63, 3.8) is 0 Å². The minimum Gasteiger partial charge on any atom is -0.327 e. The maximum absolute atomic E-state index is 6.16. The summed E-state index contributed by atoms with van der Waals surface area (Å²) in [5.41, 5.74) is 9.01. The molecule has 1 saturated heterocycles. The highest BCUT2D eigenvalue weighted by molar-refractivity contribution is 5.22. The molecule has 0 saturated carbocycles. The Kier molecular flexibility index (Phi) is 4.79. The first-order valence-electron chi connectivity index (χ1n) is 7.28. The van der Waals surface area contributed by atoms with Gasteiger partial charge in [-0.15, -0.1) is 0 Å². The van der Waals surface area contributed by atoms with Crippen LogP contribution in [-0.4, -0.2) is 24.0 Å². The van der Waals surface area contributed by atoms with Gasteiger partial charge in [-0.2, -0.15) is 0 Å². The average Bonchev–Trinajstić information content (AvgIpc) is 2.42. The summed E-state index contributed by atoms with van der Waals surface area (Å²) in [5.74, 6) is 0.675. The molecule has 0 bridgehead atoms. The Bertz CT molecular complexity index is 358. The zero-order valence-corrected chi connectivity index (χ0v) is 11.7. The topological polar surface area (TPSA) is 29.3 Å². The number of benzene rings is 1. The highest BCUT2D eigenvalue weighted by Gasteiger charge is 2.24. The van der Waals surface area contributed by atoms with Gasteiger partial charge in [0, 0.05) is 19.1 Å². The SMILES string of the molecule is CCc1ccc(CN2CCC(N)C(CC)C2)cc1. The first-order valence-corrected chi connectivity index (χ1v) is 7.28. The van der Waals surface area contributed by atoms with Gasteiger partial charge in [-0.25, -0.2) is 0 Å². The Morgan fingerprint density at radius 1 is 1.17 bits per heavy atom. The van der Waals surface area contributed by atoms with E-state index < -0.39 is 0 Å². The van der Waals surface area contributed by atoms with E-state index in [-0.39, 0.29) is 0 Å². The van der Waals surface area contributed by atoms with E-state index >= 15 is 0 Å². The lowest BCUT2D eigenvalue weighted by atomic mass is 9.90. The molecule has 0 aromatic heterocycles. The van der Waals surface area contributed by atoms with Crippen LogP contribution in [0.4, 0.5) is 0 Å². The van der Waals surface area contributed by atoms with Crippen LogP contribution in [0.25, 0.3) is 0 Å². The molecule has 2 rings (SSSR count). The van der Waals surface area contributed by atoms with Crippen molar-refractivity contribution in [3.8, 4) is 0 Å². The summed E-state index contributed by atoms with van der Waals surface area (Å²) in [7, 11) is 0. The Balaban J connectivity index is 1.92. The normalized spacial score (nSPS) is 25.3. The largest absolute Gasteiger partial charge is 0.327 e. The van der Waals surface area contributed by atoms with E-state index in [9.17, 15) is 0 Å². The van der Waals surface area contributed by atoms with Crippen LogP contribution in [0, 0.1) is 5.92 Å². The average molecular weight is 246 g/mol. The molecule has 1 fully saturated rings. The van der Waals surface area contributed by atoms with Crippen molar-refractivity contribution in [1.29, 1.82) is 0 Å². The molecule has 2 nitrogen and oxygen atoms in total. The molecule has 1 aliphatic heterocycles. The van der Waals surface area contributed by atoms with Crippen molar-refractivity contribution in [3.05, 3.63) is 35.4 Å². The predicted octanol–water partition coefficient (Wildman–Crippen LogP) is 2.81. The first-order chi connectivity index (χ1) is 8.72. The molecule has 2 atom stereocenters. The predicted molar refractivity (Wildman–Crippen MR) is 77.5 cm³/mol. The molecule has 0 aliphatic carbocycles. The quantitative estimate of drug-likeness (QED) is 0.885. The second-order valence-electron chi connectivity index (χ2n) is 5.53. The van der Waals surface area contributed by atoms with Crippen LogP contribution >= 0.6 is 0 Å². The number of nitrogens with zero attached hydrogens (tertiary/aromatic N) is 1. The maximum Gasteiger partial charge on any atom is 0.0233 e. The summed E-state index contributed by atoms with van der Waals surface area (Å²) in [6, 6.07) is 9.46. The number of hydrogen-bond donors (Lipinski definition) is 1. The molecular weight excluding hydrogens is 220 g/mol. The Morgan fingerprint density at radius 3 is 2.44 bits per heavy atom. The van der Waals surface area contributed by atoms with Crippen LogP contribution in [-0.2, 0) is 13.0 Å². The van der Waals surface area contributed by atoms with Crippen molar-refractivity contribution < 1.29 is 0 Å². The summed E-state index contributed by atoms with van der Waals surface area (Å²) in [6.45, 7) is 7.84. The molecule has 2 heteroatoms. The molecule has 18 heavy (non-hydrogen) atoms. The lowest BCUT2D eigenvalue weighted by Crippen LogP contribution is -2.46. The monoisotopic (exact) mass is 246 g/mol. The number of likely N-dealkylation sites (tertiary alicyclic amines) is 1. The van der Waals surface area contributed by atoms with Gasteiger partial charge >= 0.3 is 0 Å². The lowest BCUT2D eigenvalue weighted by molar-refractivity contribution is 0.145. The van der Waals surface area contributed by atoms with E-state index in [1.165, 1.54) is 17.5 Å². The molecule has 1 heterocycles. The zero-order valence-electron chi connectivity index (χ0n) is 11.7. The van der Waals surface area contributed by atoms with Gasteiger partial charge in [0.25, 0.3) is 0 Å². The molecule has 100 valence electrons. The van der Waals surface area contributed by atoms with Gasteiger partial charge < -0.3 is 5.73 Å². The molecule has 2 unspecified atom stereocenters. The van der Waals surface area contributed by atoms with Gasteiger partial charge in [-0.1, -0.05) is 44.5 Å². The fourth-order valence-corrected chi connectivity index (χ4v) is 2.84. The van der Waals surface area contributed by atoms with Gasteiger partial charge in [0.05, 0.1) is 0 Å². The fraction of sp³-hybridized carbons (Fsp3) is 0.625. The summed E-state index contributed by atoms with van der Waals surface area (Å²) >= 11 is 0. The third-order valence-corrected chi connectivity index (χ3v) is 4.24. The van der Waals surface area contributed by atoms with Crippen molar-refractivity contribution in [2.24, 2.45) is 11.7 Å². The standard InChI is InChI=1S/C16H26N2/c1-3-13-5-7-14(8-6-13)11-18-10-9-16(17)15(4-2)12-18/h5-8,15-16H,3-4,9-12,17H2,1-2H3. The van der Waals surface area contributed by atoms with E-state index in [1.807, 2.05) is 0 Å². The van der Waals surface area contributed by atoms with E-state index in [0.717, 1.165) is 32.5 Å². The van der Waals surface area contributed by atoms with E-state index in [0.29, 0.717) is 12.0 Å². The number of nitrogens with two attached hydrogens (primary N) is 1. The van der Waals surface area contributed by atoms with E-state index in [4.69, 9.17) is 5.73 Å². The van der Waals surface area contributed by atoms with E-state index in [2.05, 4.69) is 43.0 Å². The second-order valence-corrected chi connectivity index (χ2v) is 5.53. The van der Waals surface area contributed by atoms with Gasteiger partial charge in [0.1, 0.15) is 0 Å². The second kappa shape index (κ2) is 6.35. The molecule has 2 N–H and O–H groups in total. The van der Waals surface area contributed by atoms with Gasteiger partial charge in [0.2, 0.25) is 0 Å². The fourth-order valence-electron chi connectivity index (χ4n) is 2.84. The number of aryl methyl sites for hydroxylation is 1. The highest BCUT2D eigenvalue weighted by Crippen LogP contribution is 2.20. The van der Waals surface area contributed by atoms with Crippen molar-refractivity contribution in [2.45, 2.75) is 45.7 Å². The van der Waals surface area contributed by atoms with Crippen LogP contribution in [0.1, 0.15) is 37.8 Å². The van der Waals surface area contributed by atoms with E-state index in [1.54, 1.807) is 0 Å². The third-order valence-electron chi connectivity index (χ3n) is 4.24. The summed E-state index contributed by atoms with van der Waals surface area (Å²) in [6.07, 6.45) is 3.47. The van der Waals surface area contributed by atoms with Crippen LogP contribution in [0.15, 0.2) is 24.3 Å². The first kappa shape index (κ1) is 13.6. The minimum atomic E-state index is 0.411. The van der Waals surface area contributed by atoms with Gasteiger partial charge in [-0.3, -0.25) is 4.90 Å². The van der Waals surface area contributed by atoms with Crippen LogP contribution < -0.4 is 5.73 Å². The maximum atomic E-state index is 6.16. The smallest absolute Gasteiger partial charge is 0.0233 e. The molecule has 0 radical (unpaired) electrons. The molecule has 1 aromatic carbocycles. The van der Waals surface area contributed by atoms with Crippen molar-refractivity contribution >= 4 is 0 Å². The Labute approximate surface area is 111 Å². The van der Waals surface area contributed by atoms with Crippen molar-refractivity contribution in [1.82, 2.24) is 4.90 Å². The lowest BCUT2D eigenvalue weighted by Gasteiger charge is -2.36. The zero-order chi connectivity index (χ0) is 13.0. The number of hydrogen-bond acceptors (Lipinski definition) is 2. The molecular formula is C16H26N2. The van der Waals surface area contributed by atoms with Crippen LogP contribution in [0.3, 0.4) is 0 Å². The summed E-state index contributed by atoms with van der Waals surface area (Å²) < 4.78 is 0. The molecule has 0 amide bonds. The number of rotatable bonds is 4. The Morgan fingerprint density at radius 2 is 1.83 bits per heavy atom. The van der Waals surface area contributed by atoms with Crippen LogP contribution in [0.5, 0.6) is 0 Å². The van der Waals surface area contributed by atoms with Crippen LogP contribution in [0.2, 0.25) is 0 Å². The van der Waals surface area contributed by atoms with Gasteiger partial charge in [0.15, 0.2) is 0 Å². The summed E-state index contributed by atoms with van der Waals surface area (Å²) in [5, 5.41) is 0.